The maximum absolute atomic E-state index is 11.2. The Kier molecular flexibility index (Phi) is 5.41. The number of carbonyl (C=O) groups excluding carboxylic acids is 1. The predicted octanol–water partition coefficient (Wildman–Crippen LogP) is 1.61. The topological polar surface area (TPSA) is 38.3 Å². The van der Waals surface area contributed by atoms with Gasteiger partial charge in [-0.3, -0.25) is 10.1 Å². The molecule has 1 aromatic carbocycles. The molecule has 0 radical (unpaired) electrons. The second kappa shape index (κ2) is 6.89. The van der Waals surface area contributed by atoms with E-state index in [0.29, 0.717) is 11.6 Å². The molecule has 1 aromatic rings. The van der Waals surface area contributed by atoms with E-state index in [4.69, 9.17) is 22.8 Å². The van der Waals surface area contributed by atoms with E-state index in [9.17, 15) is 4.79 Å². The molecule has 84 valence electrons. The normalized spacial score (nSPS) is 9.50. The van der Waals surface area contributed by atoms with Gasteiger partial charge in [-0.15, -0.1) is 6.42 Å². The molecule has 0 amide bonds. The number of benzene rings is 1. The molecule has 0 saturated carbocycles. The van der Waals surface area contributed by atoms with Crippen molar-refractivity contribution in [1.82, 2.24) is 5.32 Å². The molecule has 0 unspecified atom stereocenters. The van der Waals surface area contributed by atoms with Crippen molar-refractivity contribution in [1.29, 1.82) is 0 Å². The highest BCUT2D eigenvalue weighted by Gasteiger charge is 2.04. The smallest absolute Gasteiger partial charge is 0.320 e. The van der Waals surface area contributed by atoms with E-state index < -0.39 is 0 Å². The third kappa shape index (κ3) is 4.35. The van der Waals surface area contributed by atoms with Crippen LogP contribution in [0.15, 0.2) is 24.3 Å². The van der Waals surface area contributed by atoms with Gasteiger partial charge < -0.3 is 4.74 Å². The van der Waals surface area contributed by atoms with E-state index in [1.807, 2.05) is 18.2 Å². The Labute approximate surface area is 99.7 Å². The summed E-state index contributed by atoms with van der Waals surface area (Å²) in [5, 5.41) is 3.33. The summed E-state index contributed by atoms with van der Waals surface area (Å²) in [6.45, 7) is 0.631. The highest BCUT2D eigenvalue weighted by Crippen LogP contribution is 2.15. The fourth-order valence-electron chi connectivity index (χ4n) is 1.06. The quantitative estimate of drug-likeness (QED) is 0.480. The first kappa shape index (κ1) is 12.6. The molecular formula is C12H12ClNO2. The second-order valence-corrected chi connectivity index (χ2v) is 3.47. The lowest BCUT2D eigenvalue weighted by molar-refractivity contribution is -0.143. The standard InChI is InChI=1S/C12H12ClNO2/c1-2-7-14-8-12(15)16-9-10-5-3-4-6-11(10)13/h1,3-6,14H,7-9H2. The molecule has 1 N–H and O–H groups in total. The van der Waals surface area contributed by atoms with Crippen LogP contribution < -0.4 is 5.32 Å². The van der Waals surface area contributed by atoms with E-state index in [-0.39, 0.29) is 19.1 Å². The number of nitrogens with one attached hydrogen (secondary N) is 1. The van der Waals surface area contributed by atoms with E-state index in [1.165, 1.54) is 0 Å². The molecule has 4 heteroatoms. The van der Waals surface area contributed by atoms with Crippen molar-refractivity contribution in [3.8, 4) is 12.3 Å². The molecule has 1 rings (SSSR count). The molecule has 0 bridgehead atoms. The van der Waals surface area contributed by atoms with E-state index in [1.54, 1.807) is 6.07 Å². The van der Waals surface area contributed by atoms with E-state index in [0.717, 1.165) is 5.56 Å². The number of carbonyl (C=O) groups is 1. The SMILES string of the molecule is C#CCNCC(=O)OCc1ccccc1Cl. The second-order valence-electron chi connectivity index (χ2n) is 3.06. The Morgan fingerprint density at radius 3 is 2.94 bits per heavy atom. The Bertz CT molecular complexity index is 398. The van der Waals surface area contributed by atoms with Crippen LogP contribution in [0.4, 0.5) is 0 Å². The van der Waals surface area contributed by atoms with Crippen LogP contribution in [-0.2, 0) is 16.1 Å². The molecule has 0 aliphatic heterocycles. The highest BCUT2D eigenvalue weighted by molar-refractivity contribution is 6.31. The lowest BCUT2D eigenvalue weighted by Crippen LogP contribution is -2.24. The van der Waals surface area contributed by atoms with Crippen LogP contribution >= 0.6 is 11.6 Å². The minimum atomic E-state index is -0.352. The maximum Gasteiger partial charge on any atom is 0.320 e. The molecule has 16 heavy (non-hydrogen) atoms. The van der Waals surface area contributed by atoms with Gasteiger partial charge in [0.1, 0.15) is 6.61 Å². The monoisotopic (exact) mass is 237 g/mol. The number of terminal acetylenes is 1. The summed E-state index contributed by atoms with van der Waals surface area (Å²) in [6.07, 6.45) is 5.02. The first-order chi connectivity index (χ1) is 7.74. The van der Waals surface area contributed by atoms with E-state index >= 15 is 0 Å². The summed E-state index contributed by atoms with van der Waals surface area (Å²) in [4.78, 5) is 11.2. The number of esters is 1. The van der Waals surface area contributed by atoms with Gasteiger partial charge in [0.2, 0.25) is 0 Å². The maximum atomic E-state index is 11.2. The fraction of sp³-hybridized carbons (Fsp3) is 0.250. The summed E-state index contributed by atoms with van der Waals surface area (Å²) in [7, 11) is 0. The van der Waals surface area contributed by atoms with Crippen LogP contribution in [0.2, 0.25) is 5.02 Å². The third-order valence-electron chi connectivity index (χ3n) is 1.84. The van der Waals surface area contributed by atoms with Crippen molar-refractivity contribution in [3.05, 3.63) is 34.9 Å². The molecule has 0 aromatic heterocycles. The number of rotatable bonds is 5. The lowest BCUT2D eigenvalue weighted by atomic mass is 10.2. The summed E-state index contributed by atoms with van der Waals surface area (Å²) in [6, 6.07) is 7.22. The van der Waals surface area contributed by atoms with Crippen LogP contribution in [0.1, 0.15) is 5.56 Å². The molecule has 0 saturated heterocycles. The first-order valence-electron chi connectivity index (χ1n) is 4.77. The highest BCUT2D eigenvalue weighted by atomic mass is 35.5. The Morgan fingerprint density at radius 2 is 2.25 bits per heavy atom. The molecular weight excluding hydrogens is 226 g/mol. The molecule has 0 fully saturated rings. The van der Waals surface area contributed by atoms with Crippen LogP contribution in [0, 0.1) is 12.3 Å². The molecule has 0 aliphatic carbocycles. The van der Waals surface area contributed by atoms with Gasteiger partial charge in [0.15, 0.2) is 0 Å². The molecule has 0 aliphatic rings. The van der Waals surface area contributed by atoms with E-state index in [2.05, 4.69) is 11.2 Å². The van der Waals surface area contributed by atoms with Crippen molar-refractivity contribution in [2.45, 2.75) is 6.61 Å². The Morgan fingerprint density at radius 1 is 1.50 bits per heavy atom. The number of hydrogen-bond acceptors (Lipinski definition) is 3. The van der Waals surface area contributed by atoms with Gasteiger partial charge >= 0.3 is 5.97 Å². The zero-order valence-electron chi connectivity index (χ0n) is 8.70. The van der Waals surface area contributed by atoms with Crippen LogP contribution in [0.5, 0.6) is 0 Å². The van der Waals surface area contributed by atoms with Gasteiger partial charge in [0.25, 0.3) is 0 Å². The number of halogens is 1. The van der Waals surface area contributed by atoms with Crippen LogP contribution in [-0.4, -0.2) is 19.1 Å². The van der Waals surface area contributed by atoms with Crippen molar-refractivity contribution < 1.29 is 9.53 Å². The average Bonchev–Trinajstić information content (AvgIpc) is 2.28. The van der Waals surface area contributed by atoms with Gasteiger partial charge in [-0.25, -0.2) is 0 Å². The van der Waals surface area contributed by atoms with Crippen molar-refractivity contribution in [2.75, 3.05) is 13.1 Å². The summed E-state index contributed by atoms with van der Waals surface area (Å²) < 4.78 is 5.00. The van der Waals surface area contributed by atoms with Crippen molar-refractivity contribution in [3.63, 3.8) is 0 Å². The lowest BCUT2D eigenvalue weighted by Gasteiger charge is -2.06. The van der Waals surface area contributed by atoms with Crippen LogP contribution in [0.25, 0.3) is 0 Å². The number of ether oxygens (including phenoxy) is 1. The largest absolute Gasteiger partial charge is 0.460 e. The van der Waals surface area contributed by atoms with Gasteiger partial charge in [0, 0.05) is 10.6 Å². The molecule has 0 heterocycles. The summed E-state index contributed by atoms with van der Waals surface area (Å²) in [5.74, 6) is 2.01. The molecule has 0 spiro atoms. The molecule has 0 atom stereocenters. The minimum Gasteiger partial charge on any atom is -0.460 e. The Hall–Kier alpha value is -1.50. The third-order valence-corrected chi connectivity index (χ3v) is 2.21. The van der Waals surface area contributed by atoms with Gasteiger partial charge in [0.05, 0.1) is 13.1 Å². The molecule has 3 nitrogen and oxygen atoms in total. The average molecular weight is 238 g/mol. The zero-order valence-corrected chi connectivity index (χ0v) is 9.46. The predicted molar refractivity (Wildman–Crippen MR) is 63.0 cm³/mol. The van der Waals surface area contributed by atoms with Gasteiger partial charge in [-0.1, -0.05) is 35.7 Å². The van der Waals surface area contributed by atoms with Gasteiger partial charge in [-0.2, -0.15) is 0 Å². The fourth-order valence-corrected chi connectivity index (χ4v) is 1.25. The summed E-state index contributed by atoms with van der Waals surface area (Å²) in [5.41, 5.74) is 0.787. The minimum absolute atomic E-state index is 0.106. The number of hydrogen-bond donors (Lipinski definition) is 1. The van der Waals surface area contributed by atoms with Crippen LogP contribution in [0.3, 0.4) is 0 Å². The van der Waals surface area contributed by atoms with Crippen molar-refractivity contribution in [2.24, 2.45) is 0 Å². The summed E-state index contributed by atoms with van der Waals surface area (Å²) >= 11 is 5.90. The Balaban J connectivity index is 2.32. The van der Waals surface area contributed by atoms with Gasteiger partial charge in [-0.05, 0) is 6.07 Å². The van der Waals surface area contributed by atoms with Crippen molar-refractivity contribution >= 4 is 17.6 Å². The first-order valence-corrected chi connectivity index (χ1v) is 5.15. The zero-order chi connectivity index (χ0) is 11.8.